The summed E-state index contributed by atoms with van der Waals surface area (Å²) in [5.41, 5.74) is 6.41. The number of aromatic nitrogens is 1. The molecule has 0 unspecified atom stereocenters. The summed E-state index contributed by atoms with van der Waals surface area (Å²) in [5.74, 6) is 0.191. The summed E-state index contributed by atoms with van der Waals surface area (Å²) in [7, 11) is -4.07. The Hall–Kier alpha value is -3.21. The Morgan fingerprint density at radius 1 is 1.11 bits per heavy atom. The average molecular weight is 549 g/mol. The van der Waals surface area contributed by atoms with E-state index < -0.39 is 16.0 Å². The fraction of sp³-hybridized carbons (Fsp3) is 0.261. The highest BCUT2D eigenvalue weighted by Gasteiger charge is 2.39. The molecule has 3 heterocycles. The number of unbranched alkanes of at least 4 members (excludes halogenated alkanes) is 1. The summed E-state index contributed by atoms with van der Waals surface area (Å²) in [6.07, 6.45) is 2.17. The standard InChI is InChI=1S/C23H21ClN4O6S2/c24-16-6-8-19-18(15-16)26(11-3-4-14-36(31,32)33)21(34-19)9-7-17-22(30)28(20-5-1-2-10-25-20)23(35)27(17)12-13-29/h1-2,5-6,8,10,15,29H,3-4,11-14H2,(H,31,32,33). The Bertz CT molecular complexity index is 1400. The Balaban J connectivity index is 1.72. The lowest BCUT2D eigenvalue weighted by Gasteiger charge is -2.17. The summed E-state index contributed by atoms with van der Waals surface area (Å²) >= 11 is 11.6. The van der Waals surface area contributed by atoms with Crippen molar-refractivity contribution in [1.29, 1.82) is 0 Å². The number of thiocarbonyl (C=S) groups is 1. The maximum atomic E-state index is 13.2. The number of carbonyl (C=O) groups excluding carboxylic acids is 1. The van der Waals surface area contributed by atoms with E-state index in [-0.39, 0.29) is 42.0 Å². The van der Waals surface area contributed by atoms with Crippen molar-refractivity contribution in [3.8, 4) is 5.75 Å². The molecule has 0 saturated carbocycles. The molecule has 188 valence electrons. The number of nitrogens with zero attached hydrogens (tertiary/aromatic N) is 4. The van der Waals surface area contributed by atoms with Gasteiger partial charge in [-0.1, -0.05) is 17.7 Å². The van der Waals surface area contributed by atoms with Crippen LogP contribution in [-0.2, 0) is 14.9 Å². The highest BCUT2D eigenvalue weighted by atomic mass is 35.5. The lowest BCUT2D eigenvalue weighted by molar-refractivity contribution is -0.114. The van der Waals surface area contributed by atoms with E-state index in [1.807, 2.05) is 0 Å². The van der Waals surface area contributed by atoms with E-state index in [4.69, 9.17) is 33.1 Å². The lowest BCUT2D eigenvalue weighted by atomic mass is 10.2. The van der Waals surface area contributed by atoms with Gasteiger partial charge in [0.15, 0.2) is 16.6 Å². The fourth-order valence-corrected chi connectivity index (χ4v) is 4.77. The normalized spacial score (nSPS) is 15.2. The van der Waals surface area contributed by atoms with E-state index >= 15 is 0 Å². The first-order valence-corrected chi connectivity index (χ1v) is 13.2. The van der Waals surface area contributed by atoms with E-state index in [0.29, 0.717) is 35.2 Å². The smallest absolute Gasteiger partial charge is 0.291 e. The quantitative estimate of drug-likeness (QED) is 0.167. The van der Waals surface area contributed by atoms with Gasteiger partial charge in [0.2, 0.25) is 0 Å². The first-order chi connectivity index (χ1) is 17.2. The summed E-state index contributed by atoms with van der Waals surface area (Å²) in [4.78, 5) is 21.8. The number of hydrogen-bond donors (Lipinski definition) is 2. The molecule has 1 amide bonds. The first-order valence-electron chi connectivity index (χ1n) is 10.8. The average Bonchev–Trinajstić information content (AvgIpc) is 3.29. The van der Waals surface area contributed by atoms with Crippen molar-refractivity contribution in [2.75, 3.05) is 35.2 Å². The molecule has 2 N–H and O–H groups in total. The fourth-order valence-electron chi connectivity index (χ4n) is 3.68. The molecule has 0 spiro atoms. The molecule has 0 atom stereocenters. The number of ether oxygens (including phenoxy) is 1. The van der Waals surface area contributed by atoms with Crippen LogP contribution in [0.3, 0.4) is 0 Å². The maximum Gasteiger partial charge on any atom is 0.291 e. The number of hydrogen-bond acceptors (Lipinski definition) is 8. The molecule has 2 aromatic rings. The van der Waals surface area contributed by atoms with Crippen LogP contribution in [0.25, 0.3) is 0 Å². The Labute approximate surface area is 218 Å². The summed E-state index contributed by atoms with van der Waals surface area (Å²) in [5, 5.41) is 10.1. The van der Waals surface area contributed by atoms with Gasteiger partial charge in [-0.25, -0.2) is 9.88 Å². The van der Waals surface area contributed by atoms with Crippen LogP contribution < -0.4 is 14.5 Å². The van der Waals surface area contributed by atoms with Crippen molar-refractivity contribution in [2.45, 2.75) is 12.8 Å². The number of rotatable bonds is 8. The second kappa shape index (κ2) is 10.8. The maximum absolute atomic E-state index is 13.2. The van der Waals surface area contributed by atoms with Gasteiger partial charge in [-0.2, -0.15) is 8.42 Å². The number of anilines is 2. The number of β-amino-alcohol motifs (C(OH)–C–C–N with tert-alkyl or cyclic N) is 1. The van der Waals surface area contributed by atoms with Gasteiger partial charge in [0, 0.05) is 24.3 Å². The van der Waals surface area contributed by atoms with Crippen molar-refractivity contribution in [1.82, 2.24) is 9.88 Å². The van der Waals surface area contributed by atoms with Crippen molar-refractivity contribution in [2.24, 2.45) is 0 Å². The van der Waals surface area contributed by atoms with Crippen LogP contribution in [0.4, 0.5) is 11.5 Å². The molecule has 1 aromatic heterocycles. The number of halogens is 1. The first kappa shape index (κ1) is 25.9. The van der Waals surface area contributed by atoms with Gasteiger partial charge in [0.1, 0.15) is 5.82 Å². The topological polar surface area (TPSA) is 124 Å². The highest BCUT2D eigenvalue weighted by molar-refractivity contribution is 7.85. The van der Waals surface area contributed by atoms with Crippen molar-refractivity contribution in [3.05, 3.63) is 70.7 Å². The minimum atomic E-state index is -4.07. The van der Waals surface area contributed by atoms with Gasteiger partial charge in [0.05, 0.1) is 18.0 Å². The largest absolute Gasteiger partial charge is 0.431 e. The molecule has 13 heteroatoms. The number of fused-ring (bicyclic) bond motifs is 1. The second-order valence-corrected chi connectivity index (χ2v) is 10.1. The molecular weight excluding hydrogens is 528 g/mol. The van der Waals surface area contributed by atoms with Crippen molar-refractivity contribution in [3.63, 3.8) is 0 Å². The molecule has 10 nitrogen and oxygen atoms in total. The number of aliphatic hydroxyl groups excluding tert-OH is 1. The van der Waals surface area contributed by atoms with Gasteiger partial charge in [0.25, 0.3) is 21.9 Å². The number of amides is 1. The molecule has 2 aliphatic rings. The van der Waals surface area contributed by atoms with E-state index in [1.54, 1.807) is 41.3 Å². The van der Waals surface area contributed by atoms with Crippen LogP contribution in [0.2, 0.25) is 5.02 Å². The lowest BCUT2D eigenvalue weighted by Crippen LogP contribution is -2.34. The molecular formula is C23H21ClN4O6S2. The molecule has 1 saturated heterocycles. The predicted octanol–water partition coefficient (Wildman–Crippen LogP) is 2.71. The molecule has 1 aromatic carbocycles. The third-order valence-electron chi connectivity index (χ3n) is 5.29. The van der Waals surface area contributed by atoms with E-state index in [0.717, 1.165) is 0 Å². The molecule has 4 rings (SSSR count). The van der Waals surface area contributed by atoms with Crippen LogP contribution in [0.1, 0.15) is 12.8 Å². The second-order valence-electron chi connectivity index (χ2n) is 7.75. The van der Waals surface area contributed by atoms with Crippen LogP contribution in [0, 0.1) is 0 Å². The van der Waals surface area contributed by atoms with E-state index in [2.05, 4.69) is 16.4 Å². The number of pyridine rings is 1. The minimum absolute atomic E-state index is 0.0520. The molecule has 0 radical (unpaired) electrons. The molecule has 36 heavy (non-hydrogen) atoms. The van der Waals surface area contributed by atoms with Gasteiger partial charge in [-0.05, 0) is 66.9 Å². The van der Waals surface area contributed by atoms with Crippen LogP contribution in [0.15, 0.2) is 65.6 Å². The van der Waals surface area contributed by atoms with Crippen LogP contribution in [0.5, 0.6) is 5.75 Å². The van der Waals surface area contributed by atoms with Crippen molar-refractivity contribution >= 4 is 56.5 Å². The Morgan fingerprint density at radius 2 is 1.92 bits per heavy atom. The number of benzene rings is 1. The zero-order chi connectivity index (χ0) is 25.9. The number of carbonyl (C=O) groups is 1. The third-order valence-corrected chi connectivity index (χ3v) is 6.73. The number of aliphatic hydroxyl groups is 1. The van der Waals surface area contributed by atoms with Crippen molar-refractivity contribution < 1.29 is 27.6 Å². The van der Waals surface area contributed by atoms with Gasteiger partial charge >= 0.3 is 0 Å². The van der Waals surface area contributed by atoms with E-state index in [1.165, 1.54) is 16.0 Å². The van der Waals surface area contributed by atoms with Gasteiger partial charge < -0.3 is 19.6 Å². The van der Waals surface area contributed by atoms with Gasteiger partial charge in [-0.15, -0.1) is 0 Å². The summed E-state index contributed by atoms with van der Waals surface area (Å²) in [6, 6.07) is 10.1. The van der Waals surface area contributed by atoms with Crippen LogP contribution in [-0.4, -0.2) is 64.4 Å². The third kappa shape index (κ3) is 5.61. The summed E-state index contributed by atoms with van der Waals surface area (Å²) in [6.45, 7) is 0.129. The monoisotopic (exact) mass is 548 g/mol. The molecule has 2 aliphatic heterocycles. The SMILES string of the molecule is O=C1C(=C=C=C2Oc3ccc(Cl)cc3N2CCCCS(=O)(=O)O)N(CCO)C(=S)N1c1ccccn1. The summed E-state index contributed by atoms with van der Waals surface area (Å²) < 4.78 is 37.0. The molecule has 1 fully saturated rings. The Kier molecular flexibility index (Phi) is 7.77. The predicted molar refractivity (Wildman–Crippen MR) is 137 cm³/mol. The zero-order valence-corrected chi connectivity index (χ0v) is 21.2. The van der Waals surface area contributed by atoms with Crippen LogP contribution >= 0.6 is 23.8 Å². The highest BCUT2D eigenvalue weighted by Crippen LogP contribution is 2.40. The Morgan fingerprint density at radius 3 is 2.61 bits per heavy atom. The molecule has 0 aliphatic carbocycles. The zero-order valence-electron chi connectivity index (χ0n) is 18.8. The van der Waals surface area contributed by atoms with Gasteiger partial charge in [-0.3, -0.25) is 9.35 Å². The molecule has 0 bridgehead atoms. The minimum Gasteiger partial charge on any atom is -0.431 e. The van der Waals surface area contributed by atoms with E-state index in [9.17, 15) is 18.3 Å².